The van der Waals surface area contributed by atoms with Crippen LogP contribution in [0.1, 0.15) is 21.7 Å². The monoisotopic (exact) mass is 218 g/mol. The summed E-state index contributed by atoms with van der Waals surface area (Å²) in [5, 5.41) is 18.4. The van der Waals surface area contributed by atoms with Crippen LogP contribution in [0.15, 0.2) is 24.3 Å². The van der Waals surface area contributed by atoms with Gasteiger partial charge < -0.3 is 10.8 Å². The van der Waals surface area contributed by atoms with Crippen molar-refractivity contribution in [3.05, 3.63) is 41.2 Å². The molecule has 0 atom stereocenters. The van der Waals surface area contributed by atoms with E-state index >= 15 is 0 Å². The molecular formula is C10H10N4O2. The van der Waals surface area contributed by atoms with Crippen molar-refractivity contribution in [2.24, 2.45) is 0 Å². The van der Waals surface area contributed by atoms with Crippen LogP contribution in [0.3, 0.4) is 0 Å². The van der Waals surface area contributed by atoms with Gasteiger partial charge in [0, 0.05) is 12.1 Å². The van der Waals surface area contributed by atoms with Crippen LogP contribution >= 0.6 is 0 Å². The van der Waals surface area contributed by atoms with E-state index in [1.54, 1.807) is 12.1 Å². The number of hydrogen-bond donors (Lipinski definition) is 3. The van der Waals surface area contributed by atoms with Crippen LogP contribution in [0.2, 0.25) is 0 Å². The molecule has 82 valence electrons. The molecule has 0 unspecified atom stereocenters. The first-order valence-corrected chi connectivity index (χ1v) is 4.64. The van der Waals surface area contributed by atoms with E-state index in [1.807, 2.05) is 12.1 Å². The molecule has 6 nitrogen and oxygen atoms in total. The van der Waals surface area contributed by atoms with Gasteiger partial charge in [-0.3, -0.25) is 5.10 Å². The predicted molar refractivity (Wildman–Crippen MR) is 57.0 cm³/mol. The van der Waals surface area contributed by atoms with E-state index < -0.39 is 5.97 Å². The molecule has 1 aromatic carbocycles. The topological polar surface area (TPSA) is 105 Å². The summed E-state index contributed by atoms with van der Waals surface area (Å²) >= 11 is 0. The molecule has 0 aliphatic rings. The maximum Gasteiger partial charge on any atom is 0.358 e. The molecule has 4 N–H and O–H groups in total. The lowest BCUT2D eigenvalue weighted by molar-refractivity contribution is 0.0689. The Bertz CT molecular complexity index is 521. The second-order valence-electron chi connectivity index (χ2n) is 3.37. The van der Waals surface area contributed by atoms with Crippen molar-refractivity contribution < 1.29 is 9.90 Å². The van der Waals surface area contributed by atoms with Crippen molar-refractivity contribution in [2.45, 2.75) is 6.42 Å². The maximum atomic E-state index is 10.8. The van der Waals surface area contributed by atoms with Crippen molar-refractivity contribution in [1.82, 2.24) is 15.4 Å². The summed E-state index contributed by atoms with van der Waals surface area (Å²) < 4.78 is 0. The Kier molecular flexibility index (Phi) is 2.55. The number of nitrogens with zero attached hydrogens (tertiary/aromatic N) is 2. The number of carboxylic acids is 1. The van der Waals surface area contributed by atoms with E-state index in [2.05, 4.69) is 15.4 Å². The van der Waals surface area contributed by atoms with Crippen molar-refractivity contribution in [1.29, 1.82) is 0 Å². The molecule has 0 saturated heterocycles. The number of nitrogens with two attached hydrogens (primary N) is 1. The molecule has 0 radical (unpaired) electrons. The number of rotatable bonds is 3. The number of benzene rings is 1. The molecule has 0 aliphatic carbocycles. The SMILES string of the molecule is Nc1cccc(Cc2[nH]nnc2C(=O)O)c1. The van der Waals surface area contributed by atoms with E-state index in [-0.39, 0.29) is 5.69 Å². The molecule has 16 heavy (non-hydrogen) atoms. The molecule has 0 bridgehead atoms. The van der Waals surface area contributed by atoms with Crippen LogP contribution in [0, 0.1) is 0 Å². The van der Waals surface area contributed by atoms with E-state index in [9.17, 15) is 4.79 Å². The number of hydrogen-bond acceptors (Lipinski definition) is 4. The molecule has 2 rings (SSSR count). The van der Waals surface area contributed by atoms with Gasteiger partial charge in [0.25, 0.3) is 0 Å². The highest BCUT2D eigenvalue weighted by Crippen LogP contribution is 2.12. The summed E-state index contributed by atoms with van der Waals surface area (Å²) in [7, 11) is 0. The van der Waals surface area contributed by atoms with Gasteiger partial charge in [0.05, 0.1) is 5.69 Å². The van der Waals surface area contributed by atoms with Crippen molar-refractivity contribution in [3.8, 4) is 0 Å². The van der Waals surface area contributed by atoms with Gasteiger partial charge in [-0.05, 0) is 17.7 Å². The third-order valence-electron chi connectivity index (χ3n) is 2.16. The average molecular weight is 218 g/mol. The van der Waals surface area contributed by atoms with Gasteiger partial charge in [-0.2, -0.15) is 0 Å². The second-order valence-corrected chi connectivity index (χ2v) is 3.37. The Morgan fingerprint density at radius 3 is 3.00 bits per heavy atom. The van der Waals surface area contributed by atoms with Crippen LogP contribution in [0.5, 0.6) is 0 Å². The highest BCUT2D eigenvalue weighted by molar-refractivity contribution is 5.86. The molecule has 1 aromatic heterocycles. The smallest absolute Gasteiger partial charge is 0.358 e. The molecule has 0 aliphatic heterocycles. The van der Waals surface area contributed by atoms with E-state index in [4.69, 9.17) is 10.8 Å². The van der Waals surface area contributed by atoms with Gasteiger partial charge in [0.15, 0.2) is 5.69 Å². The average Bonchev–Trinajstić information content (AvgIpc) is 2.66. The number of carbonyl (C=O) groups is 1. The quantitative estimate of drug-likeness (QED) is 0.657. The van der Waals surface area contributed by atoms with Crippen molar-refractivity contribution >= 4 is 11.7 Å². The molecule has 1 heterocycles. The molecule has 6 heteroatoms. The normalized spacial score (nSPS) is 10.2. The first-order valence-electron chi connectivity index (χ1n) is 4.64. The summed E-state index contributed by atoms with van der Waals surface area (Å²) in [6, 6.07) is 7.23. The molecule has 0 amide bonds. The molecule has 2 aromatic rings. The van der Waals surface area contributed by atoms with Crippen molar-refractivity contribution in [2.75, 3.05) is 5.73 Å². The van der Waals surface area contributed by atoms with Gasteiger partial charge in [0.1, 0.15) is 0 Å². The Balaban J connectivity index is 2.27. The number of nitrogens with one attached hydrogen (secondary N) is 1. The molecule has 0 saturated carbocycles. The summed E-state index contributed by atoms with van der Waals surface area (Å²) in [6.45, 7) is 0. The Labute approximate surface area is 91.1 Å². The first-order chi connectivity index (χ1) is 7.66. The number of carboxylic acid groups (broad SMARTS) is 1. The third-order valence-corrected chi connectivity index (χ3v) is 2.16. The van der Waals surface area contributed by atoms with Gasteiger partial charge in [-0.1, -0.05) is 17.3 Å². The van der Waals surface area contributed by atoms with E-state index in [0.29, 0.717) is 17.8 Å². The minimum Gasteiger partial charge on any atom is -0.476 e. The predicted octanol–water partition coefficient (Wildman–Crippen LogP) is 0.676. The summed E-state index contributed by atoms with van der Waals surface area (Å²) in [6.07, 6.45) is 0.416. The lowest BCUT2D eigenvalue weighted by Crippen LogP contribution is -2.02. The van der Waals surface area contributed by atoms with Crippen LogP contribution in [-0.2, 0) is 6.42 Å². The van der Waals surface area contributed by atoms with Gasteiger partial charge in [0.2, 0.25) is 0 Å². The minimum atomic E-state index is -1.09. The van der Waals surface area contributed by atoms with Gasteiger partial charge >= 0.3 is 5.97 Å². The number of aromatic amines is 1. The second kappa shape index (κ2) is 4.01. The van der Waals surface area contributed by atoms with Gasteiger partial charge in [-0.25, -0.2) is 4.79 Å². The largest absolute Gasteiger partial charge is 0.476 e. The number of aromatic nitrogens is 3. The van der Waals surface area contributed by atoms with Crippen LogP contribution in [-0.4, -0.2) is 26.5 Å². The Morgan fingerprint density at radius 2 is 2.31 bits per heavy atom. The maximum absolute atomic E-state index is 10.8. The van der Waals surface area contributed by atoms with Crippen LogP contribution in [0.4, 0.5) is 5.69 Å². The van der Waals surface area contributed by atoms with Crippen LogP contribution in [0.25, 0.3) is 0 Å². The number of aromatic carboxylic acids is 1. The number of H-pyrrole nitrogens is 1. The fourth-order valence-electron chi connectivity index (χ4n) is 1.45. The van der Waals surface area contributed by atoms with E-state index in [1.165, 1.54) is 0 Å². The third kappa shape index (κ3) is 2.00. The van der Waals surface area contributed by atoms with Gasteiger partial charge in [-0.15, -0.1) is 5.10 Å². The molecule has 0 fully saturated rings. The summed E-state index contributed by atoms with van der Waals surface area (Å²) in [5.74, 6) is -1.09. The lowest BCUT2D eigenvalue weighted by atomic mass is 10.1. The standard InChI is InChI=1S/C10H10N4O2/c11-7-3-1-2-6(4-7)5-8-9(10(15)16)13-14-12-8/h1-4H,5,11H2,(H,15,16)(H,12,13,14). The van der Waals surface area contributed by atoms with E-state index in [0.717, 1.165) is 5.56 Å². The zero-order valence-electron chi connectivity index (χ0n) is 8.34. The molecule has 0 spiro atoms. The number of nitrogen functional groups attached to an aromatic ring is 1. The fourth-order valence-corrected chi connectivity index (χ4v) is 1.45. The number of anilines is 1. The zero-order chi connectivity index (χ0) is 11.5. The van der Waals surface area contributed by atoms with Crippen molar-refractivity contribution in [3.63, 3.8) is 0 Å². The molecular weight excluding hydrogens is 208 g/mol. The highest BCUT2D eigenvalue weighted by atomic mass is 16.4. The first kappa shape index (κ1) is 10.2. The summed E-state index contributed by atoms with van der Waals surface area (Å²) in [5.41, 5.74) is 7.60. The van der Waals surface area contributed by atoms with Crippen LogP contribution < -0.4 is 5.73 Å². The lowest BCUT2D eigenvalue weighted by Gasteiger charge is -2.00. The Morgan fingerprint density at radius 1 is 1.50 bits per heavy atom. The fraction of sp³-hybridized carbons (Fsp3) is 0.100. The zero-order valence-corrected chi connectivity index (χ0v) is 8.34. The highest BCUT2D eigenvalue weighted by Gasteiger charge is 2.14. The summed E-state index contributed by atoms with van der Waals surface area (Å²) in [4.78, 5) is 10.8. The Hall–Kier alpha value is -2.37. The minimum absolute atomic E-state index is 0.0533.